The number of hydrogen-bond donors (Lipinski definition) is 1. The number of fused-ring (bicyclic) bond motifs is 1. The second-order valence-electron chi connectivity index (χ2n) is 7.15. The van der Waals surface area contributed by atoms with Gasteiger partial charge in [-0.15, -0.1) is 0 Å². The van der Waals surface area contributed by atoms with Crippen LogP contribution >= 0.6 is 0 Å². The van der Waals surface area contributed by atoms with E-state index in [9.17, 15) is 28.1 Å². The van der Waals surface area contributed by atoms with E-state index in [-0.39, 0.29) is 39.6 Å². The molecule has 0 spiro atoms. The SMILES string of the molecule is COc1ccc(-c2cc(C(F)(F)F)n3ncc(C(=O)Nc4cccc([N+](=O)[O-])c4)c3n2)cc1OC. The summed E-state index contributed by atoms with van der Waals surface area (Å²) in [6.45, 7) is 0. The fourth-order valence-electron chi connectivity index (χ4n) is 3.36. The third-order valence-electron chi connectivity index (χ3n) is 5.00. The Balaban J connectivity index is 1.83. The Kier molecular flexibility index (Phi) is 5.99. The van der Waals surface area contributed by atoms with Crippen LogP contribution in [-0.4, -0.2) is 39.6 Å². The summed E-state index contributed by atoms with van der Waals surface area (Å²) < 4.78 is 52.5. The normalized spacial score (nSPS) is 11.3. The number of carbonyl (C=O) groups excluding carboxylic acids is 1. The standard InChI is InChI=1S/C22H16F3N5O5/c1-34-17-7-6-12(8-18(17)35-2)16-10-19(22(23,24)25)29-20(28-16)15(11-26-29)21(31)27-13-4-3-5-14(9-13)30(32)33/h3-11H,1-2H3,(H,27,31). The van der Waals surface area contributed by atoms with E-state index in [0.717, 1.165) is 18.3 Å². The lowest BCUT2D eigenvalue weighted by atomic mass is 10.1. The van der Waals surface area contributed by atoms with Crippen LogP contribution in [0.1, 0.15) is 16.1 Å². The second kappa shape index (κ2) is 8.93. The van der Waals surface area contributed by atoms with Crippen LogP contribution in [0.4, 0.5) is 24.5 Å². The Morgan fingerprint density at radius 3 is 2.49 bits per heavy atom. The lowest BCUT2D eigenvalue weighted by Gasteiger charge is -2.13. The molecule has 0 aliphatic heterocycles. The summed E-state index contributed by atoms with van der Waals surface area (Å²) in [5, 5.41) is 17.1. The van der Waals surface area contributed by atoms with E-state index in [2.05, 4.69) is 15.4 Å². The van der Waals surface area contributed by atoms with Crippen LogP contribution in [-0.2, 0) is 6.18 Å². The number of nitrogens with zero attached hydrogens (tertiary/aromatic N) is 4. The minimum atomic E-state index is -4.81. The number of amides is 1. The Labute approximate surface area is 195 Å². The highest BCUT2D eigenvalue weighted by Gasteiger charge is 2.36. The number of alkyl halides is 3. The number of rotatable bonds is 6. The van der Waals surface area contributed by atoms with Crippen molar-refractivity contribution >= 4 is 22.9 Å². The van der Waals surface area contributed by atoms with Crippen molar-refractivity contribution in [3.05, 3.63) is 76.1 Å². The zero-order valence-electron chi connectivity index (χ0n) is 18.2. The first-order valence-electron chi connectivity index (χ1n) is 9.86. The zero-order valence-corrected chi connectivity index (χ0v) is 18.2. The number of nitro groups is 1. The van der Waals surface area contributed by atoms with Crippen molar-refractivity contribution in [3.8, 4) is 22.8 Å². The molecule has 13 heteroatoms. The van der Waals surface area contributed by atoms with Crippen LogP contribution in [0, 0.1) is 10.1 Å². The molecule has 180 valence electrons. The number of aromatic nitrogens is 3. The van der Waals surface area contributed by atoms with Gasteiger partial charge in [0.1, 0.15) is 5.56 Å². The number of ether oxygens (including phenoxy) is 2. The monoisotopic (exact) mass is 487 g/mol. The Morgan fingerprint density at radius 1 is 1.09 bits per heavy atom. The number of carbonyl (C=O) groups is 1. The molecule has 0 fully saturated rings. The molecular formula is C22H16F3N5O5. The maximum atomic E-state index is 13.9. The van der Waals surface area contributed by atoms with E-state index in [1.807, 2.05) is 0 Å². The Hall–Kier alpha value is -4.68. The molecule has 0 radical (unpaired) electrons. The van der Waals surface area contributed by atoms with Gasteiger partial charge in [0, 0.05) is 23.4 Å². The maximum absolute atomic E-state index is 13.9. The third kappa shape index (κ3) is 4.55. The molecule has 0 atom stereocenters. The first-order chi connectivity index (χ1) is 16.6. The summed E-state index contributed by atoms with van der Waals surface area (Å²) >= 11 is 0. The van der Waals surface area contributed by atoms with Gasteiger partial charge in [-0.1, -0.05) is 6.07 Å². The minimum Gasteiger partial charge on any atom is -0.493 e. The number of hydrogen-bond acceptors (Lipinski definition) is 7. The highest BCUT2D eigenvalue weighted by molar-refractivity contribution is 6.08. The average Bonchev–Trinajstić information content (AvgIpc) is 3.26. The molecule has 1 amide bonds. The minimum absolute atomic E-state index is 0.0793. The lowest BCUT2D eigenvalue weighted by Crippen LogP contribution is -2.16. The summed E-state index contributed by atoms with van der Waals surface area (Å²) in [4.78, 5) is 27.5. The molecule has 0 aliphatic rings. The number of nitrogens with one attached hydrogen (secondary N) is 1. The van der Waals surface area contributed by atoms with Crippen LogP contribution in [0.2, 0.25) is 0 Å². The first-order valence-corrected chi connectivity index (χ1v) is 9.86. The van der Waals surface area contributed by atoms with Gasteiger partial charge in [0.05, 0.1) is 31.0 Å². The second-order valence-corrected chi connectivity index (χ2v) is 7.15. The number of nitro benzene ring substituents is 1. The molecule has 0 saturated heterocycles. The molecular weight excluding hydrogens is 471 g/mol. The molecule has 1 N–H and O–H groups in total. The predicted octanol–water partition coefficient (Wildman–Crippen LogP) is 4.59. The van der Waals surface area contributed by atoms with E-state index in [1.165, 1.54) is 50.6 Å². The van der Waals surface area contributed by atoms with Gasteiger partial charge in [0.2, 0.25) is 0 Å². The summed E-state index contributed by atoms with van der Waals surface area (Å²) in [6.07, 6.45) is -3.87. The van der Waals surface area contributed by atoms with Gasteiger partial charge in [-0.25, -0.2) is 9.50 Å². The smallest absolute Gasteiger partial charge is 0.433 e. The van der Waals surface area contributed by atoms with Gasteiger partial charge in [0.15, 0.2) is 22.8 Å². The average molecular weight is 487 g/mol. The summed E-state index contributed by atoms with van der Waals surface area (Å²) in [6, 6.07) is 10.4. The highest BCUT2D eigenvalue weighted by atomic mass is 19.4. The Bertz CT molecular complexity index is 1450. The molecule has 0 bridgehead atoms. The van der Waals surface area contributed by atoms with E-state index in [4.69, 9.17) is 9.47 Å². The predicted molar refractivity (Wildman–Crippen MR) is 118 cm³/mol. The van der Waals surface area contributed by atoms with Gasteiger partial charge in [0.25, 0.3) is 11.6 Å². The van der Waals surface area contributed by atoms with Crippen molar-refractivity contribution in [2.45, 2.75) is 6.18 Å². The van der Waals surface area contributed by atoms with Crippen molar-refractivity contribution in [1.82, 2.24) is 14.6 Å². The number of methoxy groups -OCH3 is 2. The number of benzene rings is 2. The van der Waals surface area contributed by atoms with E-state index < -0.39 is 22.7 Å². The molecule has 35 heavy (non-hydrogen) atoms. The molecule has 10 nitrogen and oxygen atoms in total. The highest BCUT2D eigenvalue weighted by Crippen LogP contribution is 2.36. The van der Waals surface area contributed by atoms with Gasteiger partial charge in [-0.2, -0.15) is 18.3 Å². The van der Waals surface area contributed by atoms with Crippen LogP contribution in [0.15, 0.2) is 54.7 Å². The van der Waals surface area contributed by atoms with Gasteiger partial charge < -0.3 is 14.8 Å². The van der Waals surface area contributed by atoms with Crippen molar-refractivity contribution in [2.24, 2.45) is 0 Å². The number of halogens is 3. The third-order valence-corrected chi connectivity index (χ3v) is 5.00. The maximum Gasteiger partial charge on any atom is 0.433 e. The lowest BCUT2D eigenvalue weighted by molar-refractivity contribution is -0.384. The van der Waals surface area contributed by atoms with Crippen LogP contribution in [0.25, 0.3) is 16.9 Å². The molecule has 0 unspecified atom stereocenters. The van der Waals surface area contributed by atoms with Gasteiger partial charge >= 0.3 is 6.18 Å². The van der Waals surface area contributed by atoms with Gasteiger partial charge in [-0.05, 0) is 30.3 Å². The van der Waals surface area contributed by atoms with Crippen molar-refractivity contribution in [3.63, 3.8) is 0 Å². The van der Waals surface area contributed by atoms with Crippen molar-refractivity contribution in [2.75, 3.05) is 19.5 Å². The van der Waals surface area contributed by atoms with Gasteiger partial charge in [-0.3, -0.25) is 14.9 Å². The fraction of sp³-hybridized carbons (Fsp3) is 0.136. The number of anilines is 1. The summed E-state index contributed by atoms with van der Waals surface area (Å²) in [7, 11) is 2.80. The quantitative estimate of drug-likeness (QED) is 0.312. The number of non-ortho nitro benzene ring substituents is 1. The van der Waals surface area contributed by atoms with E-state index >= 15 is 0 Å². The molecule has 0 saturated carbocycles. The fourth-order valence-corrected chi connectivity index (χ4v) is 3.36. The molecule has 4 rings (SSSR count). The van der Waals surface area contributed by atoms with E-state index in [1.54, 1.807) is 0 Å². The summed E-state index contributed by atoms with van der Waals surface area (Å²) in [5.74, 6) is -0.197. The first kappa shape index (κ1) is 23.5. The topological polar surface area (TPSA) is 121 Å². The molecule has 4 aromatic rings. The Morgan fingerprint density at radius 2 is 1.83 bits per heavy atom. The molecule has 2 aromatic heterocycles. The van der Waals surface area contributed by atoms with Crippen LogP contribution in [0.3, 0.4) is 0 Å². The van der Waals surface area contributed by atoms with Crippen LogP contribution < -0.4 is 14.8 Å². The molecule has 2 aromatic carbocycles. The van der Waals surface area contributed by atoms with Crippen molar-refractivity contribution in [1.29, 1.82) is 0 Å². The zero-order chi connectivity index (χ0) is 25.3. The van der Waals surface area contributed by atoms with Crippen LogP contribution in [0.5, 0.6) is 11.5 Å². The molecule has 2 heterocycles. The van der Waals surface area contributed by atoms with Crippen molar-refractivity contribution < 1.29 is 32.4 Å². The largest absolute Gasteiger partial charge is 0.493 e. The molecule has 0 aliphatic carbocycles. The van der Waals surface area contributed by atoms with E-state index in [0.29, 0.717) is 10.3 Å². The summed E-state index contributed by atoms with van der Waals surface area (Å²) in [5.41, 5.74) is -1.76.